The average Bonchev–Trinajstić information content (AvgIpc) is 3.10. The molecule has 0 aromatic heterocycles. The van der Waals surface area contributed by atoms with Crippen LogP contribution in [0, 0.1) is 0 Å². The van der Waals surface area contributed by atoms with E-state index in [0.717, 1.165) is 77.0 Å². The van der Waals surface area contributed by atoms with Crippen LogP contribution in [-0.2, 0) is 27.9 Å². The molecule has 2 unspecified atom stereocenters. The van der Waals surface area contributed by atoms with E-state index in [0.29, 0.717) is 13.0 Å². The second-order valence-electron chi connectivity index (χ2n) is 12.8. The van der Waals surface area contributed by atoms with Gasteiger partial charge in [-0.15, -0.1) is 0 Å². The highest BCUT2D eigenvalue weighted by atomic mass is 31.2. The van der Waals surface area contributed by atoms with Crippen LogP contribution in [0.15, 0.2) is 60.8 Å². The Bertz CT molecular complexity index is 947. The van der Waals surface area contributed by atoms with Crippen LogP contribution in [0.3, 0.4) is 0 Å². The number of phosphoric ester groups is 1. The van der Waals surface area contributed by atoms with Crippen molar-refractivity contribution in [2.24, 2.45) is 5.73 Å². The van der Waals surface area contributed by atoms with Crippen molar-refractivity contribution in [3.8, 4) is 0 Å². The third-order valence-electron chi connectivity index (χ3n) is 7.95. The molecule has 290 valence electrons. The summed E-state index contributed by atoms with van der Waals surface area (Å²) >= 11 is 0. The number of carbonyl (C=O) groups is 1. The number of unbranched alkanes of at least 4 members (excludes halogenated alkanes) is 14. The maximum Gasteiger partial charge on any atom is 0.472 e. The van der Waals surface area contributed by atoms with Gasteiger partial charge in [0.2, 0.25) is 0 Å². The highest BCUT2D eigenvalue weighted by Crippen LogP contribution is 2.43. The summed E-state index contributed by atoms with van der Waals surface area (Å²) in [5, 5.41) is 0. The topological polar surface area (TPSA) is 117 Å². The summed E-state index contributed by atoms with van der Waals surface area (Å²) in [5.41, 5.74) is 5.33. The Kier molecular flexibility index (Phi) is 37.0. The fraction of sp³-hybridized carbons (Fsp3) is 0.732. The monoisotopic (exact) mass is 724 g/mol. The number of esters is 1. The van der Waals surface area contributed by atoms with Crippen molar-refractivity contribution >= 4 is 13.8 Å². The Morgan fingerprint density at radius 1 is 0.620 bits per heavy atom. The van der Waals surface area contributed by atoms with E-state index >= 15 is 0 Å². The first-order chi connectivity index (χ1) is 24.4. The maximum absolute atomic E-state index is 12.3. The summed E-state index contributed by atoms with van der Waals surface area (Å²) in [6.07, 6.45) is 45.7. The second-order valence-corrected chi connectivity index (χ2v) is 14.2. The van der Waals surface area contributed by atoms with Crippen molar-refractivity contribution in [2.75, 3.05) is 33.0 Å². The minimum absolute atomic E-state index is 0.0977. The molecule has 8 nitrogen and oxygen atoms in total. The van der Waals surface area contributed by atoms with E-state index in [2.05, 4.69) is 74.6 Å². The van der Waals surface area contributed by atoms with Crippen LogP contribution in [0.25, 0.3) is 0 Å². The third kappa shape index (κ3) is 37.5. The molecule has 0 aromatic carbocycles. The molecule has 2 atom stereocenters. The van der Waals surface area contributed by atoms with Gasteiger partial charge in [-0.25, -0.2) is 4.57 Å². The largest absolute Gasteiger partial charge is 0.472 e. The summed E-state index contributed by atoms with van der Waals surface area (Å²) in [6, 6.07) is 0. The van der Waals surface area contributed by atoms with Crippen molar-refractivity contribution in [1.82, 2.24) is 0 Å². The van der Waals surface area contributed by atoms with Crippen LogP contribution in [0.4, 0.5) is 0 Å². The molecule has 50 heavy (non-hydrogen) atoms. The Balaban J connectivity index is 3.83. The van der Waals surface area contributed by atoms with Crippen LogP contribution < -0.4 is 5.73 Å². The molecule has 0 heterocycles. The molecule has 0 aliphatic rings. The molecular weight excluding hydrogens is 649 g/mol. The molecule has 0 aliphatic carbocycles. The maximum atomic E-state index is 12.3. The zero-order valence-electron chi connectivity index (χ0n) is 31.9. The first-order valence-corrected chi connectivity index (χ1v) is 21.3. The van der Waals surface area contributed by atoms with Crippen LogP contribution in [0.5, 0.6) is 0 Å². The fourth-order valence-electron chi connectivity index (χ4n) is 5.08. The molecule has 3 N–H and O–H groups in total. The van der Waals surface area contributed by atoms with Crippen molar-refractivity contribution in [3.05, 3.63) is 60.8 Å². The van der Waals surface area contributed by atoms with E-state index in [1.165, 1.54) is 57.8 Å². The number of nitrogens with two attached hydrogens (primary N) is 1. The molecule has 0 aliphatic heterocycles. The summed E-state index contributed by atoms with van der Waals surface area (Å²) in [6.45, 7) is 4.69. The highest BCUT2D eigenvalue weighted by molar-refractivity contribution is 7.47. The number of rotatable bonds is 37. The van der Waals surface area contributed by atoms with Gasteiger partial charge in [-0.05, 0) is 57.8 Å². The van der Waals surface area contributed by atoms with Crippen LogP contribution in [0.1, 0.15) is 155 Å². The Hall–Kier alpha value is -1.80. The van der Waals surface area contributed by atoms with E-state index in [4.69, 9.17) is 24.3 Å². The number of phosphoric acid groups is 1. The van der Waals surface area contributed by atoms with Crippen LogP contribution >= 0.6 is 7.82 Å². The lowest BCUT2D eigenvalue weighted by Crippen LogP contribution is -2.28. The molecule has 0 saturated heterocycles. The highest BCUT2D eigenvalue weighted by Gasteiger charge is 2.25. The molecule has 0 bridgehead atoms. The van der Waals surface area contributed by atoms with Crippen LogP contribution in [0.2, 0.25) is 0 Å². The van der Waals surface area contributed by atoms with Gasteiger partial charge in [0.15, 0.2) is 0 Å². The van der Waals surface area contributed by atoms with Gasteiger partial charge in [-0.1, -0.05) is 152 Å². The van der Waals surface area contributed by atoms with Crippen molar-refractivity contribution in [3.63, 3.8) is 0 Å². The number of hydrogen-bond acceptors (Lipinski definition) is 7. The Morgan fingerprint density at radius 3 is 1.68 bits per heavy atom. The van der Waals surface area contributed by atoms with Gasteiger partial charge in [-0.3, -0.25) is 13.8 Å². The van der Waals surface area contributed by atoms with Gasteiger partial charge in [0.1, 0.15) is 6.10 Å². The van der Waals surface area contributed by atoms with Crippen molar-refractivity contribution in [2.45, 2.75) is 161 Å². The van der Waals surface area contributed by atoms with Gasteiger partial charge in [0, 0.05) is 19.6 Å². The third-order valence-corrected chi connectivity index (χ3v) is 8.93. The molecule has 0 saturated carbocycles. The Labute approximate surface area is 306 Å². The van der Waals surface area contributed by atoms with Gasteiger partial charge in [0.05, 0.1) is 19.8 Å². The quantitative estimate of drug-likeness (QED) is 0.0281. The molecule has 0 fully saturated rings. The lowest BCUT2D eigenvalue weighted by atomic mass is 10.1. The van der Waals surface area contributed by atoms with Gasteiger partial charge in [0.25, 0.3) is 0 Å². The standard InChI is InChI=1S/C41H74NO7P/c1-3-5-7-9-10-11-12-13-14-15-16-17-18-19-20-21-22-23-24-25-26-27-28-29-31-33-36-46-38-40(39-48-50(44,45)47-37-35-42)49-41(43)34-32-30-8-6-4-2/h5,7,10-11,13-14,16-17,19-20,40H,3-4,6,8-9,12,15,18,21-39,42H2,1-2H3,(H,44,45)/b7-5-,11-10-,14-13-,17-16-,20-19-. The second kappa shape index (κ2) is 38.4. The minimum Gasteiger partial charge on any atom is -0.457 e. The van der Waals surface area contributed by atoms with Crippen molar-refractivity contribution in [1.29, 1.82) is 0 Å². The smallest absolute Gasteiger partial charge is 0.457 e. The van der Waals surface area contributed by atoms with Gasteiger partial charge < -0.3 is 20.1 Å². The molecule has 0 spiro atoms. The summed E-state index contributed by atoms with van der Waals surface area (Å²) in [7, 11) is -4.26. The first kappa shape index (κ1) is 48.2. The molecule has 0 radical (unpaired) electrons. The number of allylic oxidation sites excluding steroid dienone is 10. The van der Waals surface area contributed by atoms with E-state index in [-0.39, 0.29) is 32.3 Å². The molecule has 0 aromatic rings. The lowest BCUT2D eigenvalue weighted by molar-refractivity contribution is -0.154. The summed E-state index contributed by atoms with van der Waals surface area (Å²) in [5.74, 6) is -0.348. The summed E-state index contributed by atoms with van der Waals surface area (Å²) in [4.78, 5) is 22.1. The van der Waals surface area contributed by atoms with E-state index in [1.807, 2.05) is 0 Å². The first-order valence-electron chi connectivity index (χ1n) is 19.8. The number of carbonyl (C=O) groups excluding carboxylic acids is 1. The molecular formula is C41H74NO7P. The van der Waals surface area contributed by atoms with E-state index in [1.54, 1.807) is 0 Å². The molecule has 9 heteroatoms. The van der Waals surface area contributed by atoms with Crippen molar-refractivity contribution < 1.29 is 32.8 Å². The predicted octanol–water partition coefficient (Wildman–Crippen LogP) is 11.4. The van der Waals surface area contributed by atoms with Crippen LogP contribution in [-0.4, -0.2) is 49.9 Å². The molecule has 0 amide bonds. The molecule has 0 rings (SSSR count). The summed E-state index contributed by atoms with van der Waals surface area (Å²) < 4.78 is 33.1. The van der Waals surface area contributed by atoms with Gasteiger partial charge in [-0.2, -0.15) is 0 Å². The minimum atomic E-state index is -4.26. The predicted molar refractivity (Wildman–Crippen MR) is 210 cm³/mol. The number of ether oxygens (including phenoxy) is 2. The van der Waals surface area contributed by atoms with E-state index in [9.17, 15) is 14.3 Å². The Morgan fingerprint density at radius 2 is 1.12 bits per heavy atom. The average molecular weight is 724 g/mol. The zero-order chi connectivity index (χ0) is 36.6. The zero-order valence-corrected chi connectivity index (χ0v) is 32.8. The lowest BCUT2D eigenvalue weighted by Gasteiger charge is -2.20. The fourth-order valence-corrected chi connectivity index (χ4v) is 5.85. The SMILES string of the molecule is CC/C=C\C/C=C\C/C=C\C/C=C\C/C=C\CCCCCCCCCCCCOCC(COP(=O)(O)OCCN)OC(=O)CCCCCCC. The van der Waals surface area contributed by atoms with E-state index < -0.39 is 13.9 Å². The normalized spacial score (nSPS) is 14.2. The number of hydrogen-bond donors (Lipinski definition) is 2. The van der Waals surface area contributed by atoms with Gasteiger partial charge >= 0.3 is 13.8 Å².